The summed E-state index contributed by atoms with van der Waals surface area (Å²) in [5, 5.41) is 31.5. The number of aliphatic hydroxyl groups excluding tert-OH is 2. The fourth-order valence-electron chi connectivity index (χ4n) is 5.93. The Hall–Kier alpha value is -3.49. The first-order valence-electron chi connectivity index (χ1n) is 13.1. The topological polar surface area (TPSA) is 125 Å². The summed E-state index contributed by atoms with van der Waals surface area (Å²) in [5.41, 5.74) is 9.57. The van der Waals surface area contributed by atoms with Gasteiger partial charge in [-0.25, -0.2) is 0 Å². The number of anilines is 1. The Balaban J connectivity index is 1.33. The predicted octanol–water partition coefficient (Wildman–Crippen LogP) is 4.31. The summed E-state index contributed by atoms with van der Waals surface area (Å²) >= 11 is 0. The molecule has 2 aromatic carbocycles. The molecule has 1 unspecified atom stereocenters. The standard InChI is InChI=1S/C30H35N3O5/c1-17-20(5-4-6-24(17)28-18(2)32-29(33-19(28)3)38-16-23(35)15-34)14-31-22-7-8-25-21(11-22)13-30(9-10-30)26(25)12-27(36)37/h4-8,11,23,26,31,34-35H,9-10,12-16H2,1-3H3,(H,36,37)/t23-,26?/m0/s1. The number of aliphatic hydroxyl groups is 2. The largest absolute Gasteiger partial charge is 0.481 e. The van der Waals surface area contributed by atoms with Gasteiger partial charge in [0.1, 0.15) is 12.7 Å². The normalized spacial score (nSPS) is 17.8. The highest BCUT2D eigenvalue weighted by atomic mass is 16.5. The molecule has 0 aliphatic heterocycles. The third-order valence-electron chi connectivity index (χ3n) is 8.14. The third-order valence-corrected chi connectivity index (χ3v) is 8.14. The van der Waals surface area contributed by atoms with Crippen LogP contribution in [0.5, 0.6) is 6.01 Å². The lowest BCUT2D eigenvalue weighted by Crippen LogP contribution is -2.22. The number of carbonyl (C=O) groups is 1. The molecule has 1 heterocycles. The van der Waals surface area contributed by atoms with Gasteiger partial charge in [-0.1, -0.05) is 24.3 Å². The molecule has 2 atom stereocenters. The Bertz CT molecular complexity index is 1340. The smallest absolute Gasteiger partial charge is 0.316 e. The van der Waals surface area contributed by atoms with E-state index in [9.17, 15) is 15.0 Å². The van der Waals surface area contributed by atoms with Crippen molar-refractivity contribution in [2.75, 3.05) is 18.5 Å². The van der Waals surface area contributed by atoms with Crippen LogP contribution in [0.2, 0.25) is 0 Å². The summed E-state index contributed by atoms with van der Waals surface area (Å²) < 4.78 is 5.46. The summed E-state index contributed by atoms with van der Waals surface area (Å²) in [7, 11) is 0. The summed E-state index contributed by atoms with van der Waals surface area (Å²) in [5.74, 6) is -0.585. The Morgan fingerprint density at radius 2 is 1.89 bits per heavy atom. The molecule has 2 aliphatic rings. The molecule has 0 saturated heterocycles. The van der Waals surface area contributed by atoms with Gasteiger partial charge in [0, 0.05) is 23.7 Å². The molecule has 38 heavy (non-hydrogen) atoms. The van der Waals surface area contributed by atoms with Crippen LogP contribution in [0, 0.1) is 26.2 Å². The van der Waals surface area contributed by atoms with Gasteiger partial charge in [0.05, 0.1) is 24.4 Å². The minimum atomic E-state index is -0.975. The molecule has 3 aromatic rings. The first kappa shape index (κ1) is 26.1. The van der Waals surface area contributed by atoms with E-state index in [4.69, 9.17) is 9.84 Å². The van der Waals surface area contributed by atoms with Crippen molar-refractivity contribution in [2.45, 2.75) is 65.0 Å². The number of hydrogen-bond donors (Lipinski definition) is 4. The van der Waals surface area contributed by atoms with Gasteiger partial charge in [-0.05, 0) is 85.4 Å². The number of carboxylic acid groups (broad SMARTS) is 1. The van der Waals surface area contributed by atoms with Crippen LogP contribution < -0.4 is 10.1 Å². The van der Waals surface area contributed by atoms with Crippen molar-refractivity contribution in [3.8, 4) is 17.1 Å². The SMILES string of the molecule is Cc1nc(OC[C@@H](O)CO)nc(C)c1-c1cccc(CNc2ccc3c(c2)CC2(CC2)C3CC(=O)O)c1C. The highest BCUT2D eigenvalue weighted by Gasteiger charge is 2.54. The van der Waals surface area contributed by atoms with Gasteiger partial charge in [0.25, 0.3) is 0 Å². The van der Waals surface area contributed by atoms with Crippen LogP contribution in [0.15, 0.2) is 36.4 Å². The minimum absolute atomic E-state index is 0.0706. The van der Waals surface area contributed by atoms with Gasteiger partial charge in [-0.3, -0.25) is 4.79 Å². The van der Waals surface area contributed by atoms with Crippen molar-refractivity contribution in [1.29, 1.82) is 0 Å². The first-order chi connectivity index (χ1) is 18.2. The van der Waals surface area contributed by atoms with Crippen molar-refractivity contribution < 1.29 is 24.9 Å². The maximum Gasteiger partial charge on any atom is 0.316 e. The Morgan fingerprint density at radius 1 is 1.16 bits per heavy atom. The summed E-state index contributed by atoms with van der Waals surface area (Å²) in [6.45, 7) is 6.13. The molecule has 8 heteroatoms. The number of benzene rings is 2. The van der Waals surface area contributed by atoms with Crippen molar-refractivity contribution in [3.05, 3.63) is 70.0 Å². The molecule has 2 aliphatic carbocycles. The molecule has 5 rings (SSSR count). The van der Waals surface area contributed by atoms with Crippen LogP contribution in [-0.2, 0) is 17.8 Å². The second-order valence-corrected chi connectivity index (χ2v) is 10.7. The second kappa shape index (κ2) is 10.3. The van der Waals surface area contributed by atoms with Crippen molar-refractivity contribution >= 4 is 11.7 Å². The van der Waals surface area contributed by atoms with E-state index in [-0.39, 0.29) is 37.0 Å². The molecule has 0 bridgehead atoms. The zero-order valence-electron chi connectivity index (χ0n) is 22.1. The number of aromatic nitrogens is 2. The van der Waals surface area contributed by atoms with Gasteiger partial charge in [0.2, 0.25) is 0 Å². The minimum Gasteiger partial charge on any atom is -0.481 e. The zero-order valence-corrected chi connectivity index (χ0v) is 22.1. The number of nitrogens with zero attached hydrogens (tertiary/aromatic N) is 2. The highest BCUT2D eigenvalue weighted by molar-refractivity contribution is 5.73. The van der Waals surface area contributed by atoms with Crippen molar-refractivity contribution in [2.24, 2.45) is 5.41 Å². The average molecular weight is 518 g/mol. The molecule has 4 N–H and O–H groups in total. The monoisotopic (exact) mass is 517 g/mol. The van der Waals surface area contributed by atoms with E-state index in [2.05, 4.69) is 52.5 Å². The molecule has 1 saturated carbocycles. The number of ether oxygens (including phenoxy) is 1. The van der Waals surface area contributed by atoms with Gasteiger partial charge in [-0.15, -0.1) is 0 Å². The van der Waals surface area contributed by atoms with Crippen LogP contribution >= 0.6 is 0 Å². The van der Waals surface area contributed by atoms with E-state index in [1.165, 1.54) is 11.1 Å². The number of nitrogens with one attached hydrogen (secondary N) is 1. The molecule has 1 spiro atoms. The van der Waals surface area contributed by atoms with Crippen LogP contribution in [0.1, 0.15) is 58.8 Å². The van der Waals surface area contributed by atoms with Crippen LogP contribution in [0.3, 0.4) is 0 Å². The number of aliphatic carboxylic acids is 1. The third kappa shape index (κ3) is 5.11. The number of aryl methyl sites for hydroxylation is 2. The quantitative estimate of drug-likeness (QED) is 0.314. The molecule has 8 nitrogen and oxygen atoms in total. The lowest BCUT2D eigenvalue weighted by atomic mass is 9.87. The van der Waals surface area contributed by atoms with Gasteiger partial charge < -0.3 is 25.4 Å². The Morgan fingerprint density at radius 3 is 2.55 bits per heavy atom. The van der Waals surface area contributed by atoms with Gasteiger partial charge >= 0.3 is 12.0 Å². The van der Waals surface area contributed by atoms with Crippen LogP contribution in [-0.4, -0.2) is 50.6 Å². The molecule has 1 fully saturated rings. The molecular formula is C30H35N3O5. The number of carboxylic acids is 1. The summed E-state index contributed by atoms with van der Waals surface area (Å²) in [4.78, 5) is 20.4. The lowest BCUT2D eigenvalue weighted by molar-refractivity contribution is -0.137. The van der Waals surface area contributed by atoms with E-state index in [1.54, 1.807) is 0 Å². The molecule has 0 amide bonds. The summed E-state index contributed by atoms with van der Waals surface area (Å²) in [6.07, 6.45) is 2.45. The Kier molecular flexibility index (Phi) is 7.11. The highest BCUT2D eigenvalue weighted by Crippen LogP contribution is 2.64. The average Bonchev–Trinajstić information content (AvgIpc) is 3.59. The van der Waals surface area contributed by atoms with Gasteiger partial charge in [-0.2, -0.15) is 9.97 Å². The number of hydrogen-bond acceptors (Lipinski definition) is 7. The van der Waals surface area contributed by atoms with E-state index in [1.807, 2.05) is 19.9 Å². The predicted molar refractivity (Wildman–Crippen MR) is 144 cm³/mol. The Labute approximate surface area is 222 Å². The van der Waals surface area contributed by atoms with E-state index in [0.29, 0.717) is 6.54 Å². The van der Waals surface area contributed by atoms with Crippen molar-refractivity contribution in [1.82, 2.24) is 9.97 Å². The van der Waals surface area contributed by atoms with Crippen LogP contribution in [0.4, 0.5) is 5.69 Å². The second-order valence-electron chi connectivity index (χ2n) is 10.7. The van der Waals surface area contributed by atoms with Crippen molar-refractivity contribution in [3.63, 3.8) is 0 Å². The maximum atomic E-state index is 11.4. The van der Waals surface area contributed by atoms with E-state index in [0.717, 1.165) is 58.6 Å². The maximum absolute atomic E-state index is 11.4. The fraction of sp³-hybridized carbons (Fsp3) is 0.433. The van der Waals surface area contributed by atoms with Gasteiger partial charge in [0.15, 0.2) is 0 Å². The summed E-state index contributed by atoms with van der Waals surface area (Å²) in [6, 6.07) is 12.8. The molecular weight excluding hydrogens is 482 g/mol. The number of rotatable bonds is 10. The van der Waals surface area contributed by atoms with Crippen LogP contribution in [0.25, 0.3) is 11.1 Å². The van der Waals surface area contributed by atoms with E-state index >= 15 is 0 Å². The van der Waals surface area contributed by atoms with E-state index < -0.39 is 12.1 Å². The molecule has 200 valence electrons. The number of fused-ring (bicyclic) bond motifs is 1. The fourth-order valence-corrected chi connectivity index (χ4v) is 5.93. The molecule has 1 aromatic heterocycles. The zero-order chi connectivity index (χ0) is 27.0. The first-order valence-corrected chi connectivity index (χ1v) is 13.1. The molecule has 0 radical (unpaired) electrons. The lowest BCUT2D eigenvalue weighted by Gasteiger charge is -2.18.